The van der Waals surface area contributed by atoms with Crippen molar-refractivity contribution in [1.29, 1.82) is 0 Å². The summed E-state index contributed by atoms with van der Waals surface area (Å²) in [5.74, 6) is 0.469. The Morgan fingerprint density at radius 3 is 2.90 bits per heavy atom. The van der Waals surface area contributed by atoms with Crippen LogP contribution in [-0.4, -0.2) is 39.9 Å². The van der Waals surface area contributed by atoms with Gasteiger partial charge in [-0.25, -0.2) is 23.5 Å². The summed E-state index contributed by atoms with van der Waals surface area (Å²) < 4.78 is 24.5. The van der Waals surface area contributed by atoms with Gasteiger partial charge >= 0.3 is 0 Å². The Labute approximate surface area is 180 Å². The molecule has 2 aliphatic carbocycles. The first-order valence-corrected chi connectivity index (χ1v) is 12.2. The number of aryl methyl sites for hydroxylation is 1. The standard InChI is InChI=1S/C22H25N5O3S/c23-31(29,30)10-8-15-11-16(12-20(15)28)27-9-7-18-21(24-13-25-22(18)27)26-19-6-5-14-3-1-2-4-17(14)19/h1-4,7,9,12-13,15,19-20,28H,5-6,8,10-11H2,(H2,23,29,30)(H,24,25,26)/t15-,19+,20+/m1/s1. The molecule has 1 aromatic carbocycles. The molecule has 0 bridgehead atoms. The maximum Gasteiger partial charge on any atom is 0.209 e. The van der Waals surface area contributed by atoms with Crippen LogP contribution in [-0.2, 0) is 16.4 Å². The van der Waals surface area contributed by atoms with Gasteiger partial charge in [0.25, 0.3) is 0 Å². The monoisotopic (exact) mass is 439 g/mol. The highest BCUT2D eigenvalue weighted by atomic mass is 32.2. The highest BCUT2D eigenvalue weighted by Gasteiger charge is 2.29. The number of benzene rings is 1. The first kappa shape index (κ1) is 20.2. The summed E-state index contributed by atoms with van der Waals surface area (Å²) in [4.78, 5) is 8.96. The number of nitrogens with zero attached hydrogens (tertiary/aromatic N) is 3. The molecule has 2 aromatic heterocycles. The fraction of sp³-hybridized carbons (Fsp3) is 0.364. The van der Waals surface area contributed by atoms with E-state index in [2.05, 4.69) is 39.6 Å². The molecule has 31 heavy (non-hydrogen) atoms. The molecule has 5 rings (SSSR count). The normalized spacial score (nSPS) is 23.2. The van der Waals surface area contributed by atoms with Crippen LogP contribution in [0.4, 0.5) is 5.82 Å². The molecule has 0 saturated carbocycles. The Morgan fingerprint density at radius 1 is 1.23 bits per heavy atom. The summed E-state index contributed by atoms with van der Waals surface area (Å²) in [6, 6.07) is 10.7. The number of aliphatic hydroxyl groups is 1. The van der Waals surface area contributed by atoms with E-state index >= 15 is 0 Å². The third kappa shape index (κ3) is 3.96. The fourth-order valence-electron chi connectivity index (χ4n) is 4.73. The molecule has 0 radical (unpaired) electrons. The number of sulfonamides is 1. The van der Waals surface area contributed by atoms with Gasteiger partial charge in [-0.05, 0) is 54.9 Å². The molecular formula is C22H25N5O3S. The quantitative estimate of drug-likeness (QED) is 0.542. The predicted octanol–water partition coefficient (Wildman–Crippen LogP) is 2.43. The Hall–Kier alpha value is -2.75. The average Bonchev–Trinajstić information content (AvgIpc) is 3.43. The molecule has 0 amide bonds. The lowest BCUT2D eigenvalue weighted by molar-refractivity contribution is 0.163. The molecule has 8 nitrogen and oxygen atoms in total. The van der Waals surface area contributed by atoms with Gasteiger partial charge in [0.2, 0.25) is 10.0 Å². The van der Waals surface area contributed by atoms with E-state index in [0.717, 1.165) is 35.4 Å². The number of nitrogens with two attached hydrogens (primary N) is 1. The van der Waals surface area contributed by atoms with Crippen molar-refractivity contribution in [3.05, 3.63) is 60.1 Å². The Balaban J connectivity index is 1.39. The maximum absolute atomic E-state index is 11.3. The number of nitrogens with one attached hydrogen (secondary N) is 1. The lowest BCUT2D eigenvalue weighted by atomic mass is 10.0. The zero-order valence-electron chi connectivity index (χ0n) is 17.0. The summed E-state index contributed by atoms with van der Waals surface area (Å²) in [5.41, 5.74) is 4.35. The number of hydrogen-bond acceptors (Lipinski definition) is 6. The zero-order chi connectivity index (χ0) is 21.6. The second-order valence-corrected chi connectivity index (χ2v) is 10.1. The number of fused-ring (bicyclic) bond motifs is 2. The second kappa shape index (κ2) is 7.74. The van der Waals surface area contributed by atoms with E-state index in [9.17, 15) is 13.5 Å². The smallest absolute Gasteiger partial charge is 0.209 e. The van der Waals surface area contributed by atoms with Crippen LogP contribution in [0.3, 0.4) is 0 Å². The van der Waals surface area contributed by atoms with E-state index in [-0.39, 0.29) is 17.7 Å². The lowest BCUT2D eigenvalue weighted by Gasteiger charge is -2.16. The molecular weight excluding hydrogens is 414 g/mol. The molecule has 162 valence electrons. The van der Waals surface area contributed by atoms with Crippen molar-refractivity contribution < 1.29 is 13.5 Å². The summed E-state index contributed by atoms with van der Waals surface area (Å²) in [6.45, 7) is 0. The van der Waals surface area contributed by atoms with Crippen molar-refractivity contribution in [3.63, 3.8) is 0 Å². The number of aliphatic hydroxyl groups excluding tert-OH is 1. The number of anilines is 1. The van der Waals surface area contributed by atoms with Gasteiger partial charge in [-0.2, -0.15) is 0 Å². The fourth-order valence-corrected chi connectivity index (χ4v) is 5.36. The topological polar surface area (TPSA) is 123 Å². The number of hydrogen-bond donors (Lipinski definition) is 3. The third-order valence-corrected chi connectivity index (χ3v) is 7.13. The van der Waals surface area contributed by atoms with E-state index in [4.69, 9.17) is 5.14 Å². The van der Waals surface area contributed by atoms with Crippen molar-refractivity contribution in [2.24, 2.45) is 11.1 Å². The molecule has 0 aliphatic heterocycles. The highest BCUT2D eigenvalue weighted by Crippen LogP contribution is 2.37. The van der Waals surface area contributed by atoms with Crippen LogP contribution >= 0.6 is 0 Å². The van der Waals surface area contributed by atoms with Crippen LogP contribution in [0.25, 0.3) is 16.7 Å². The molecule has 2 aliphatic rings. The first-order valence-electron chi connectivity index (χ1n) is 10.4. The van der Waals surface area contributed by atoms with E-state index in [1.54, 1.807) is 12.4 Å². The SMILES string of the molecule is NS(=O)(=O)CC[C@@H]1CC(n2ccc3c(N[C@H]4CCc5ccccc54)ncnc32)=C[C@@H]1O. The number of allylic oxidation sites excluding steroid dienone is 1. The van der Waals surface area contributed by atoms with Gasteiger partial charge in [0.15, 0.2) is 0 Å². The summed E-state index contributed by atoms with van der Waals surface area (Å²) in [6.07, 6.45) is 7.49. The first-order chi connectivity index (χ1) is 14.9. The number of aromatic nitrogens is 3. The van der Waals surface area contributed by atoms with Crippen LogP contribution in [0, 0.1) is 5.92 Å². The van der Waals surface area contributed by atoms with E-state index < -0.39 is 16.1 Å². The van der Waals surface area contributed by atoms with Crippen molar-refractivity contribution >= 4 is 32.6 Å². The Morgan fingerprint density at radius 2 is 2.06 bits per heavy atom. The van der Waals surface area contributed by atoms with Crippen LogP contribution in [0.15, 0.2) is 48.9 Å². The Bertz CT molecular complexity index is 1270. The highest BCUT2D eigenvalue weighted by molar-refractivity contribution is 7.89. The van der Waals surface area contributed by atoms with E-state index in [1.165, 1.54) is 11.1 Å². The summed E-state index contributed by atoms with van der Waals surface area (Å²) in [5, 5.41) is 20.0. The van der Waals surface area contributed by atoms with Gasteiger partial charge < -0.3 is 15.0 Å². The van der Waals surface area contributed by atoms with E-state index in [1.807, 2.05) is 16.8 Å². The molecule has 3 atom stereocenters. The molecule has 0 spiro atoms. The van der Waals surface area contributed by atoms with E-state index in [0.29, 0.717) is 12.8 Å². The minimum Gasteiger partial charge on any atom is -0.389 e. The van der Waals surface area contributed by atoms with Crippen molar-refractivity contribution in [2.75, 3.05) is 11.1 Å². The predicted molar refractivity (Wildman–Crippen MR) is 120 cm³/mol. The summed E-state index contributed by atoms with van der Waals surface area (Å²) in [7, 11) is -3.55. The van der Waals surface area contributed by atoms with Crippen LogP contribution < -0.4 is 10.5 Å². The Kier molecular flexibility index (Phi) is 5.04. The second-order valence-electron chi connectivity index (χ2n) is 8.35. The van der Waals surface area contributed by atoms with Gasteiger partial charge in [0.05, 0.1) is 23.3 Å². The minimum atomic E-state index is -3.55. The van der Waals surface area contributed by atoms with Gasteiger partial charge in [-0.1, -0.05) is 24.3 Å². The third-order valence-electron chi connectivity index (χ3n) is 6.33. The minimum absolute atomic E-state index is 0.138. The average molecular weight is 440 g/mol. The van der Waals surface area contributed by atoms with Crippen molar-refractivity contribution in [3.8, 4) is 0 Å². The summed E-state index contributed by atoms with van der Waals surface area (Å²) >= 11 is 0. The molecule has 4 N–H and O–H groups in total. The zero-order valence-corrected chi connectivity index (χ0v) is 17.8. The van der Waals surface area contributed by atoms with Crippen molar-refractivity contribution in [2.45, 2.75) is 37.8 Å². The lowest BCUT2D eigenvalue weighted by Crippen LogP contribution is -2.22. The van der Waals surface area contributed by atoms with Crippen LogP contribution in [0.1, 0.15) is 36.4 Å². The molecule has 0 fully saturated rings. The number of primary sulfonamides is 1. The van der Waals surface area contributed by atoms with Crippen LogP contribution in [0.5, 0.6) is 0 Å². The van der Waals surface area contributed by atoms with Gasteiger partial charge in [0, 0.05) is 11.9 Å². The number of rotatable bonds is 6. The van der Waals surface area contributed by atoms with Gasteiger partial charge in [-0.3, -0.25) is 0 Å². The maximum atomic E-state index is 11.3. The molecule has 2 heterocycles. The largest absolute Gasteiger partial charge is 0.389 e. The van der Waals surface area contributed by atoms with Gasteiger partial charge in [0.1, 0.15) is 17.8 Å². The molecule has 0 saturated heterocycles. The molecule has 9 heteroatoms. The molecule has 0 unspecified atom stereocenters. The van der Waals surface area contributed by atoms with Gasteiger partial charge in [-0.15, -0.1) is 0 Å². The van der Waals surface area contributed by atoms with Crippen molar-refractivity contribution in [1.82, 2.24) is 14.5 Å². The molecule has 3 aromatic rings. The van der Waals surface area contributed by atoms with Crippen LogP contribution in [0.2, 0.25) is 0 Å².